The second-order valence-corrected chi connectivity index (χ2v) is 10.5. The first-order chi connectivity index (χ1) is 13.3. The number of hydrogen-bond acceptors (Lipinski definition) is 3. The Kier molecular flexibility index (Phi) is 5.35. The zero-order valence-electron chi connectivity index (χ0n) is 14.7. The predicted octanol–water partition coefficient (Wildman–Crippen LogP) is 5.15. The van der Waals surface area contributed by atoms with Crippen molar-refractivity contribution in [3.63, 3.8) is 0 Å². The molecule has 0 amide bonds. The highest BCUT2D eigenvalue weighted by Crippen LogP contribution is 2.33. The van der Waals surface area contributed by atoms with Crippen molar-refractivity contribution in [2.75, 3.05) is 5.75 Å². The van der Waals surface area contributed by atoms with Crippen molar-refractivity contribution < 1.29 is 13.5 Å². The van der Waals surface area contributed by atoms with Gasteiger partial charge in [-0.2, -0.15) is 0 Å². The van der Waals surface area contributed by atoms with E-state index in [1.807, 2.05) is 41.0 Å². The molecule has 28 heavy (non-hydrogen) atoms. The monoisotopic (exact) mass is 521 g/mol. The van der Waals surface area contributed by atoms with Gasteiger partial charge in [0, 0.05) is 30.8 Å². The second kappa shape index (κ2) is 7.63. The molecule has 0 aliphatic heterocycles. The van der Waals surface area contributed by atoms with Crippen LogP contribution in [0.15, 0.2) is 80.6 Å². The molecule has 1 heterocycles. The highest BCUT2D eigenvalue weighted by atomic mass is 79.9. The SMILES string of the molecule is O=S(=O)(C[C@@H](O)Cn1c2ccc(Br)cc2c2cc(Br)ccc21)c1ccccc1. The third kappa shape index (κ3) is 3.76. The van der Waals surface area contributed by atoms with E-state index >= 15 is 0 Å². The van der Waals surface area contributed by atoms with Crippen LogP contribution in [0, 0.1) is 0 Å². The van der Waals surface area contributed by atoms with Gasteiger partial charge < -0.3 is 9.67 Å². The van der Waals surface area contributed by atoms with Crippen LogP contribution >= 0.6 is 31.9 Å². The van der Waals surface area contributed by atoms with E-state index in [0.29, 0.717) is 0 Å². The lowest BCUT2D eigenvalue weighted by molar-refractivity contribution is 0.179. The second-order valence-electron chi connectivity index (χ2n) is 6.68. The molecule has 1 atom stereocenters. The Labute approximate surface area is 180 Å². The zero-order valence-corrected chi connectivity index (χ0v) is 18.7. The van der Waals surface area contributed by atoms with Crippen molar-refractivity contribution in [3.8, 4) is 0 Å². The van der Waals surface area contributed by atoms with Gasteiger partial charge in [-0.05, 0) is 48.5 Å². The molecule has 0 saturated heterocycles. The minimum atomic E-state index is -3.56. The normalized spacial score (nSPS) is 13.2. The molecule has 0 aliphatic rings. The van der Waals surface area contributed by atoms with Gasteiger partial charge in [0.25, 0.3) is 0 Å². The third-order valence-electron chi connectivity index (χ3n) is 4.70. The summed E-state index contributed by atoms with van der Waals surface area (Å²) in [5.41, 5.74) is 1.90. The summed E-state index contributed by atoms with van der Waals surface area (Å²) in [6, 6.07) is 20.2. The topological polar surface area (TPSA) is 59.3 Å². The Morgan fingerprint density at radius 2 is 1.39 bits per heavy atom. The molecule has 4 aromatic rings. The first kappa shape index (κ1) is 19.6. The van der Waals surface area contributed by atoms with Crippen LogP contribution in [-0.4, -0.2) is 29.9 Å². The third-order valence-corrected chi connectivity index (χ3v) is 7.50. The average molecular weight is 523 g/mol. The van der Waals surface area contributed by atoms with Gasteiger partial charge in [-0.1, -0.05) is 50.1 Å². The molecule has 0 radical (unpaired) electrons. The van der Waals surface area contributed by atoms with Crippen molar-refractivity contribution in [3.05, 3.63) is 75.7 Å². The minimum Gasteiger partial charge on any atom is -0.390 e. The molecule has 3 aromatic carbocycles. The molecule has 0 aliphatic carbocycles. The Balaban J connectivity index is 1.73. The zero-order chi connectivity index (χ0) is 19.9. The Hall–Kier alpha value is -1.67. The van der Waals surface area contributed by atoms with Gasteiger partial charge in [0.15, 0.2) is 9.84 Å². The number of aliphatic hydroxyl groups excluding tert-OH is 1. The van der Waals surface area contributed by atoms with E-state index in [1.54, 1.807) is 30.3 Å². The van der Waals surface area contributed by atoms with Crippen LogP contribution < -0.4 is 0 Å². The molecular formula is C21H17Br2NO3S. The van der Waals surface area contributed by atoms with Crippen molar-refractivity contribution in [1.82, 2.24) is 4.57 Å². The summed E-state index contributed by atoms with van der Waals surface area (Å²) in [5, 5.41) is 12.7. The minimum absolute atomic E-state index is 0.190. The molecule has 0 unspecified atom stereocenters. The number of fused-ring (bicyclic) bond motifs is 3. The maximum absolute atomic E-state index is 12.6. The smallest absolute Gasteiger partial charge is 0.180 e. The van der Waals surface area contributed by atoms with Crippen molar-refractivity contribution >= 4 is 63.5 Å². The largest absolute Gasteiger partial charge is 0.390 e. The molecular weight excluding hydrogens is 506 g/mol. The fraction of sp³-hybridized carbons (Fsp3) is 0.143. The predicted molar refractivity (Wildman–Crippen MR) is 119 cm³/mol. The summed E-state index contributed by atoms with van der Waals surface area (Å²) in [7, 11) is -3.56. The van der Waals surface area contributed by atoms with E-state index in [-0.39, 0.29) is 17.2 Å². The number of sulfone groups is 1. The van der Waals surface area contributed by atoms with Crippen LogP contribution in [0.1, 0.15) is 0 Å². The Morgan fingerprint density at radius 3 is 1.93 bits per heavy atom. The Bertz CT molecular complexity index is 1210. The number of nitrogens with zero attached hydrogens (tertiary/aromatic N) is 1. The summed E-state index contributed by atoms with van der Waals surface area (Å²) in [4.78, 5) is 0.226. The summed E-state index contributed by atoms with van der Waals surface area (Å²) in [6.07, 6.45) is -1.03. The first-order valence-corrected chi connectivity index (χ1v) is 11.9. The van der Waals surface area contributed by atoms with Gasteiger partial charge in [0.2, 0.25) is 0 Å². The number of hydrogen-bond donors (Lipinski definition) is 1. The molecule has 0 spiro atoms. The maximum Gasteiger partial charge on any atom is 0.180 e. The van der Waals surface area contributed by atoms with Gasteiger partial charge in [-0.3, -0.25) is 0 Å². The molecule has 1 N–H and O–H groups in total. The van der Waals surface area contributed by atoms with Crippen LogP contribution in [0.2, 0.25) is 0 Å². The van der Waals surface area contributed by atoms with E-state index in [0.717, 1.165) is 30.8 Å². The fourth-order valence-corrected chi connectivity index (χ4v) is 5.58. The number of aromatic nitrogens is 1. The fourth-order valence-electron chi connectivity index (χ4n) is 3.49. The lowest BCUT2D eigenvalue weighted by Gasteiger charge is -2.14. The quantitative estimate of drug-likeness (QED) is 0.394. The summed E-state index contributed by atoms with van der Waals surface area (Å²) in [6.45, 7) is 0.190. The molecule has 4 nitrogen and oxygen atoms in total. The van der Waals surface area contributed by atoms with Crippen LogP contribution in [-0.2, 0) is 16.4 Å². The van der Waals surface area contributed by atoms with Crippen molar-refractivity contribution in [1.29, 1.82) is 0 Å². The molecule has 0 bridgehead atoms. The molecule has 0 saturated carbocycles. The van der Waals surface area contributed by atoms with Crippen LogP contribution in [0.3, 0.4) is 0 Å². The van der Waals surface area contributed by atoms with Crippen molar-refractivity contribution in [2.24, 2.45) is 0 Å². The molecule has 4 rings (SSSR count). The summed E-state index contributed by atoms with van der Waals surface area (Å²) < 4.78 is 29.1. The highest BCUT2D eigenvalue weighted by Gasteiger charge is 2.21. The lowest BCUT2D eigenvalue weighted by atomic mass is 10.2. The van der Waals surface area contributed by atoms with Crippen LogP contribution in [0.4, 0.5) is 0 Å². The van der Waals surface area contributed by atoms with Crippen LogP contribution in [0.25, 0.3) is 21.8 Å². The van der Waals surface area contributed by atoms with Crippen LogP contribution in [0.5, 0.6) is 0 Å². The average Bonchev–Trinajstić information content (AvgIpc) is 2.94. The van der Waals surface area contributed by atoms with Gasteiger partial charge >= 0.3 is 0 Å². The van der Waals surface area contributed by atoms with E-state index in [1.165, 1.54) is 0 Å². The van der Waals surface area contributed by atoms with Gasteiger partial charge in [0.1, 0.15) is 0 Å². The summed E-state index contributed by atoms with van der Waals surface area (Å²) >= 11 is 7.03. The molecule has 1 aromatic heterocycles. The van der Waals surface area contributed by atoms with E-state index in [4.69, 9.17) is 0 Å². The number of aliphatic hydroxyl groups is 1. The number of rotatable bonds is 5. The van der Waals surface area contributed by atoms with Gasteiger partial charge in [-0.25, -0.2) is 8.42 Å². The van der Waals surface area contributed by atoms with E-state index in [9.17, 15) is 13.5 Å². The van der Waals surface area contributed by atoms with Gasteiger partial charge in [0.05, 0.1) is 23.3 Å². The standard InChI is InChI=1S/C21H17Br2NO3S/c22-14-6-8-20-18(10-14)19-11-15(23)7-9-21(19)24(20)12-16(25)13-28(26,27)17-4-2-1-3-5-17/h1-11,16,25H,12-13H2/t16-/m0/s1. The maximum atomic E-state index is 12.6. The van der Waals surface area contributed by atoms with E-state index < -0.39 is 15.9 Å². The Morgan fingerprint density at radius 1 is 0.857 bits per heavy atom. The number of benzene rings is 3. The summed E-state index contributed by atoms with van der Waals surface area (Å²) in [5.74, 6) is -0.328. The first-order valence-electron chi connectivity index (χ1n) is 8.68. The molecule has 144 valence electrons. The highest BCUT2D eigenvalue weighted by molar-refractivity contribution is 9.10. The molecule has 7 heteroatoms. The number of halogens is 2. The molecule has 0 fully saturated rings. The van der Waals surface area contributed by atoms with Gasteiger partial charge in [-0.15, -0.1) is 0 Å². The van der Waals surface area contributed by atoms with E-state index in [2.05, 4.69) is 31.9 Å². The lowest BCUT2D eigenvalue weighted by Crippen LogP contribution is -2.25. The van der Waals surface area contributed by atoms with Crippen molar-refractivity contribution in [2.45, 2.75) is 17.5 Å².